The maximum atomic E-state index is 14.9. The van der Waals surface area contributed by atoms with Crippen LogP contribution in [0.1, 0.15) is 32.3 Å². The van der Waals surface area contributed by atoms with Crippen molar-refractivity contribution < 1.29 is 9.13 Å². The summed E-state index contributed by atoms with van der Waals surface area (Å²) in [7, 11) is 1.68. The quantitative estimate of drug-likeness (QED) is 0.273. The van der Waals surface area contributed by atoms with Crippen molar-refractivity contribution in [2.45, 2.75) is 44.3 Å². The molecule has 0 radical (unpaired) electrons. The Morgan fingerprint density at radius 3 is 2.33 bits per heavy atom. The molecule has 2 aliphatic rings. The van der Waals surface area contributed by atoms with Gasteiger partial charge in [-0.3, -0.25) is 4.90 Å². The Kier molecular flexibility index (Phi) is 5.75. The molecular formula is C24H24BrCl2FN4O. The lowest BCUT2D eigenvalue weighted by Gasteiger charge is -2.53. The van der Waals surface area contributed by atoms with E-state index in [1.54, 1.807) is 13.2 Å². The van der Waals surface area contributed by atoms with Crippen LogP contribution in [-0.2, 0) is 6.54 Å². The molecule has 0 N–H and O–H groups in total. The van der Waals surface area contributed by atoms with Crippen molar-refractivity contribution in [3.63, 3.8) is 0 Å². The number of hydrogen-bond acceptors (Lipinski definition) is 5. The van der Waals surface area contributed by atoms with Gasteiger partial charge in [0.25, 0.3) is 0 Å². The highest BCUT2D eigenvalue weighted by Gasteiger charge is 2.55. The number of methoxy groups -OCH3 is 1. The first kappa shape index (κ1) is 23.1. The smallest absolute Gasteiger partial charge is 0.225 e. The summed E-state index contributed by atoms with van der Waals surface area (Å²) in [5, 5.41) is 0.875. The zero-order chi connectivity index (χ0) is 23.5. The van der Waals surface area contributed by atoms with E-state index in [4.69, 9.17) is 27.9 Å². The minimum Gasteiger partial charge on any atom is -0.497 e. The number of anilines is 1. The van der Waals surface area contributed by atoms with Crippen molar-refractivity contribution in [2.75, 3.05) is 25.1 Å². The van der Waals surface area contributed by atoms with Crippen molar-refractivity contribution in [3.05, 3.63) is 56.5 Å². The largest absolute Gasteiger partial charge is 0.497 e. The summed E-state index contributed by atoms with van der Waals surface area (Å²) >= 11 is 15.7. The summed E-state index contributed by atoms with van der Waals surface area (Å²) in [5.41, 5.74) is 1.27. The third-order valence-electron chi connectivity index (χ3n) is 7.15. The number of nitrogens with zero attached hydrogens (tertiary/aromatic N) is 4. The van der Waals surface area contributed by atoms with Gasteiger partial charge >= 0.3 is 0 Å². The second kappa shape index (κ2) is 8.22. The summed E-state index contributed by atoms with van der Waals surface area (Å²) in [6.45, 7) is 6.93. The highest BCUT2D eigenvalue weighted by atomic mass is 79.9. The van der Waals surface area contributed by atoms with Crippen LogP contribution in [0.15, 0.2) is 34.8 Å². The molecule has 174 valence electrons. The fourth-order valence-electron chi connectivity index (χ4n) is 5.48. The first-order chi connectivity index (χ1) is 15.6. The predicted molar refractivity (Wildman–Crippen MR) is 134 cm³/mol. The number of hydrogen-bond donors (Lipinski definition) is 0. The monoisotopic (exact) mass is 552 g/mol. The number of aromatic nitrogens is 2. The van der Waals surface area contributed by atoms with Crippen molar-refractivity contribution in [2.24, 2.45) is 0 Å². The number of fused-ring (bicyclic) bond motifs is 3. The van der Waals surface area contributed by atoms with Gasteiger partial charge in [0.1, 0.15) is 17.1 Å². The maximum absolute atomic E-state index is 14.9. The molecule has 9 heteroatoms. The van der Waals surface area contributed by atoms with Crippen LogP contribution in [0.2, 0.25) is 10.3 Å². The van der Waals surface area contributed by atoms with Gasteiger partial charge in [0, 0.05) is 36.1 Å². The molecule has 0 amide bonds. The van der Waals surface area contributed by atoms with Gasteiger partial charge in [0.15, 0.2) is 5.82 Å². The first-order valence-electron chi connectivity index (χ1n) is 10.8. The Hall–Kier alpha value is -1.67. The fourth-order valence-corrected chi connectivity index (χ4v) is 6.14. The van der Waals surface area contributed by atoms with Crippen molar-refractivity contribution in [1.29, 1.82) is 0 Å². The lowest BCUT2D eigenvalue weighted by Crippen LogP contribution is -2.65. The average Bonchev–Trinajstić information content (AvgIpc) is 2.93. The van der Waals surface area contributed by atoms with Crippen molar-refractivity contribution in [3.8, 4) is 5.75 Å². The molecule has 33 heavy (non-hydrogen) atoms. The summed E-state index contributed by atoms with van der Waals surface area (Å²) in [4.78, 5) is 13.5. The molecule has 0 aliphatic carbocycles. The second-order valence-electron chi connectivity index (χ2n) is 9.48. The van der Waals surface area contributed by atoms with E-state index in [2.05, 4.69) is 61.7 Å². The molecule has 3 aromatic rings. The van der Waals surface area contributed by atoms with Crippen LogP contribution < -0.4 is 9.64 Å². The van der Waals surface area contributed by atoms with Crippen LogP contribution in [0.4, 0.5) is 10.2 Å². The fraction of sp³-hybridized carbons (Fsp3) is 0.417. The molecule has 2 saturated heterocycles. The van der Waals surface area contributed by atoms with Crippen LogP contribution in [0.5, 0.6) is 5.75 Å². The van der Waals surface area contributed by atoms with Gasteiger partial charge in [0.05, 0.1) is 16.6 Å². The molecule has 5 nitrogen and oxygen atoms in total. The minimum atomic E-state index is -0.526. The van der Waals surface area contributed by atoms with Crippen LogP contribution in [0.3, 0.4) is 0 Å². The lowest BCUT2D eigenvalue weighted by atomic mass is 9.93. The molecule has 2 unspecified atom stereocenters. The molecule has 2 aromatic carbocycles. The SMILES string of the molecule is COc1ccc(CN2C3(C)CCC2(C)CN(c2nc(Cl)nc4c(F)c(Br)c(Cl)cc24)C3)cc1. The topological polar surface area (TPSA) is 41.5 Å². The summed E-state index contributed by atoms with van der Waals surface area (Å²) in [6.07, 6.45) is 2.13. The Morgan fingerprint density at radius 2 is 1.73 bits per heavy atom. The molecule has 3 heterocycles. The Balaban J connectivity index is 1.52. The summed E-state index contributed by atoms with van der Waals surface area (Å²) in [5.74, 6) is 0.956. The molecule has 2 atom stereocenters. The third-order valence-corrected chi connectivity index (χ3v) is 8.62. The van der Waals surface area contributed by atoms with Crippen molar-refractivity contribution >= 4 is 55.9 Å². The molecule has 1 aromatic heterocycles. The number of halogens is 4. The van der Waals surface area contributed by atoms with Gasteiger partial charge in [-0.25, -0.2) is 9.37 Å². The number of ether oxygens (including phenoxy) is 1. The predicted octanol–water partition coefficient (Wildman–Crippen LogP) is 6.48. The highest BCUT2D eigenvalue weighted by molar-refractivity contribution is 9.10. The van der Waals surface area contributed by atoms with E-state index in [0.717, 1.165) is 38.2 Å². The molecule has 2 bridgehead atoms. The van der Waals surface area contributed by atoms with Crippen molar-refractivity contribution in [1.82, 2.24) is 14.9 Å². The minimum absolute atomic E-state index is 0.0222. The van der Waals surface area contributed by atoms with Crippen LogP contribution in [-0.4, -0.2) is 46.1 Å². The number of rotatable bonds is 4. The summed E-state index contributed by atoms with van der Waals surface area (Å²) in [6, 6.07) is 9.97. The van der Waals surface area contributed by atoms with Gasteiger partial charge in [-0.05, 0) is 78.0 Å². The standard InChI is InChI=1S/C24H24BrCl2FN4O/c1-23-8-9-24(2,32(23)11-14-4-6-15(33-3)7-5-14)13-31(12-23)21-16-10-17(26)18(25)19(28)20(16)29-22(27)30-21/h4-7,10H,8-9,11-13H2,1-3H3. The third kappa shape index (κ3) is 3.87. The lowest BCUT2D eigenvalue weighted by molar-refractivity contribution is 0.0302. The molecule has 0 saturated carbocycles. The Morgan fingerprint density at radius 1 is 1.09 bits per heavy atom. The first-order valence-corrected chi connectivity index (χ1v) is 12.3. The van der Waals surface area contributed by atoms with E-state index < -0.39 is 5.82 Å². The van der Waals surface area contributed by atoms with Gasteiger partial charge in [-0.1, -0.05) is 23.7 Å². The van der Waals surface area contributed by atoms with E-state index in [-0.39, 0.29) is 31.4 Å². The average molecular weight is 554 g/mol. The van der Waals surface area contributed by atoms with E-state index >= 15 is 0 Å². The van der Waals surface area contributed by atoms with E-state index in [0.29, 0.717) is 11.2 Å². The normalized spacial score (nSPS) is 25.1. The molecule has 5 rings (SSSR count). The van der Waals surface area contributed by atoms with Crippen LogP contribution in [0, 0.1) is 5.82 Å². The van der Waals surface area contributed by atoms with E-state index in [1.165, 1.54) is 5.56 Å². The molecule has 0 spiro atoms. The second-order valence-corrected chi connectivity index (χ2v) is 11.0. The Bertz CT molecular complexity index is 1220. The van der Waals surface area contributed by atoms with E-state index in [9.17, 15) is 4.39 Å². The number of benzene rings is 2. The van der Waals surface area contributed by atoms with Gasteiger partial charge < -0.3 is 9.64 Å². The zero-order valence-corrected chi connectivity index (χ0v) is 21.7. The highest BCUT2D eigenvalue weighted by Crippen LogP contribution is 2.48. The zero-order valence-electron chi connectivity index (χ0n) is 18.6. The summed E-state index contributed by atoms with van der Waals surface area (Å²) < 4.78 is 20.4. The molecular weight excluding hydrogens is 530 g/mol. The van der Waals surface area contributed by atoms with Gasteiger partial charge in [-0.15, -0.1) is 0 Å². The van der Waals surface area contributed by atoms with Gasteiger partial charge in [0.2, 0.25) is 5.28 Å². The molecule has 2 fully saturated rings. The maximum Gasteiger partial charge on any atom is 0.225 e. The molecule has 2 aliphatic heterocycles. The van der Waals surface area contributed by atoms with Gasteiger partial charge in [-0.2, -0.15) is 4.98 Å². The van der Waals surface area contributed by atoms with Crippen LogP contribution >= 0.6 is 39.1 Å². The van der Waals surface area contributed by atoms with E-state index in [1.807, 2.05) is 12.1 Å². The number of piperazine rings is 1. The van der Waals surface area contributed by atoms with Crippen LogP contribution in [0.25, 0.3) is 10.9 Å². The Labute approximate surface area is 211 Å².